The Bertz CT molecular complexity index is 800. The van der Waals surface area contributed by atoms with Gasteiger partial charge in [-0.05, 0) is 55.6 Å². The summed E-state index contributed by atoms with van der Waals surface area (Å²) in [5.41, 5.74) is 2.21. The molecule has 2 aromatic rings. The van der Waals surface area contributed by atoms with E-state index in [9.17, 15) is 4.39 Å². The number of fused-ring (bicyclic) bond motifs is 2. The van der Waals surface area contributed by atoms with Crippen molar-refractivity contribution in [2.75, 3.05) is 26.7 Å². The second kappa shape index (κ2) is 6.92. The normalized spacial score (nSPS) is 32.4. The minimum atomic E-state index is -0.0803. The molecule has 0 saturated carbocycles. The molecule has 142 valence electrons. The Morgan fingerprint density at radius 2 is 1.74 bits per heavy atom. The molecule has 4 heteroatoms. The number of benzene rings is 2. The predicted octanol–water partition coefficient (Wildman–Crippen LogP) is 3.90. The highest BCUT2D eigenvalue weighted by Gasteiger charge is 2.53. The van der Waals surface area contributed by atoms with Crippen LogP contribution in [0.15, 0.2) is 48.5 Å². The Kier molecular flexibility index (Phi) is 4.41. The Hall–Kier alpha value is -1.91. The van der Waals surface area contributed by atoms with Gasteiger partial charge in [0.2, 0.25) is 0 Å². The highest BCUT2D eigenvalue weighted by molar-refractivity contribution is 5.33. The molecule has 4 aliphatic heterocycles. The lowest BCUT2D eigenvalue weighted by Crippen LogP contribution is -2.60. The van der Waals surface area contributed by atoms with E-state index in [4.69, 9.17) is 4.74 Å². The van der Waals surface area contributed by atoms with Crippen LogP contribution in [0, 0.1) is 11.7 Å². The molecular formula is C23H27FN2O. The first-order valence-corrected chi connectivity index (χ1v) is 10.1. The molecule has 27 heavy (non-hydrogen) atoms. The maximum Gasteiger partial charge on any atom is 0.127 e. The predicted molar refractivity (Wildman–Crippen MR) is 104 cm³/mol. The van der Waals surface area contributed by atoms with Crippen LogP contribution < -0.4 is 4.74 Å². The van der Waals surface area contributed by atoms with E-state index in [1.54, 1.807) is 19.2 Å². The molecule has 0 N–H and O–H groups in total. The molecule has 4 saturated heterocycles. The van der Waals surface area contributed by atoms with Gasteiger partial charge in [-0.25, -0.2) is 4.39 Å². The zero-order valence-electron chi connectivity index (χ0n) is 15.9. The summed E-state index contributed by atoms with van der Waals surface area (Å²) in [7, 11) is 1.71. The van der Waals surface area contributed by atoms with E-state index in [1.165, 1.54) is 31.5 Å². The second-order valence-corrected chi connectivity index (χ2v) is 8.26. The number of rotatable bonds is 4. The molecule has 0 radical (unpaired) electrons. The smallest absolute Gasteiger partial charge is 0.127 e. The average Bonchev–Trinajstić information content (AvgIpc) is 3.12. The maximum absolute atomic E-state index is 14.3. The molecule has 2 aromatic carbocycles. The van der Waals surface area contributed by atoms with Gasteiger partial charge >= 0.3 is 0 Å². The summed E-state index contributed by atoms with van der Waals surface area (Å²) in [4.78, 5) is 5.26. The lowest BCUT2D eigenvalue weighted by Gasteiger charge is -2.51. The van der Waals surface area contributed by atoms with E-state index < -0.39 is 0 Å². The van der Waals surface area contributed by atoms with E-state index in [-0.39, 0.29) is 5.82 Å². The molecule has 4 heterocycles. The number of halogens is 1. The highest BCUT2D eigenvalue weighted by atomic mass is 19.1. The number of hydrogen-bond donors (Lipinski definition) is 0. The molecule has 0 aromatic heterocycles. The maximum atomic E-state index is 14.3. The van der Waals surface area contributed by atoms with Crippen LogP contribution in [0.3, 0.4) is 0 Å². The molecule has 3 nitrogen and oxygen atoms in total. The minimum Gasteiger partial charge on any atom is -0.497 e. The fraction of sp³-hybridized carbons (Fsp3) is 0.478. The summed E-state index contributed by atoms with van der Waals surface area (Å²) >= 11 is 0. The first-order valence-electron chi connectivity index (χ1n) is 10.1. The number of nitrogens with zero attached hydrogens (tertiary/aromatic N) is 2. The van der Waals surface area contributed by atoms with Gasteiger partial charge in [-0.15, -0.1) is 0 Å². The van der Waals surface area contributed by atoms with Gasteiger partial charge in [0.1, 0.15) is 11.6 Å². The van der Waals surface area contributed by atoms with E-state index >= 15 is 0 Å². The number of hydrogen-bond acceptors (Lipinski definition) is 3. The first kappa shape index (κ1) is 17.2. The van der Waals surface area contributed by atoms with Crippen LogP contribution in [0.5, 0.6) is 5.75 Å². The van der Waals surface area contributed by atoms with Gasteiger partial charge in [-0.3, -0.25) is 9.80 Å². The Balaban J connectivity index is 1.47. The van der Waals surface area contributed by atoms with Crippen molar-refractivity contribution in [1.29, 1.82) is 0 Å². The van der Waals surface area contributed by atoms with Crippen LogP contribution in [-0.4, -0.2) is 48.6 Å². The monoisotopic (exact) mass is 366 g/mol. The quantitative estimate of drug-likeness (QED) is 0.816. The van der Waals surface area contributed by atoms with Crippen LogP contribution in [-0.2, 0) is 6.54 Å². The van der Waals surface area contributed by atoms with Gasteiger partial charge < -0.3 is 4.74 Å². The molecule has 3 atom stereocenters. The zero-order chi connectivity index (χ0) is 18.4. The standard InChI is InChI=1S/C23H27FN2O/c1-27-19-8-6-16(7-9-19)20-15-26(14-18-4-2-3-5-21(18)24)22-17-10-12-25(13-11-17)23(20)22/h2-9,17,20,22-23H,10-15H2,1H3/t20-,22+,23+/m0/s1. The minimum absolute atomic E-state index is 0.0803. The highest BCUT2D eigenvalue weighted by Crippen LogP contribution is 2.47. The lowest BCUT2D eigenvalue weighted by atomic mass is 9.75. The summed E-state index contributed by atoms with van der Waals surface area (Å²) in [5.74, 6) is 2.05. The topological polar surface area (TPSA) is 15.7 Å². The molecule has 2 bridgehead atoms. The largest absolute Gasteiger partial charge is 0.497 e. The van der Waals surface area contributed by atoms with Gasteiger partial charge in [-0.2, -0.15) is 0 Å². The number of methoxy groups -OCH3 is 1. The van der Waals surface area contributed by atoms with Crippen LogP contribution in [0.4, 0.5) is 4.39 Å². The van der Waals surface area contributed by atoms with Crippen molar-refractivity contribution >= 4 is 0 Å². The summed E-state index contributed by atoms with van der Waals surface area (Å²) < 4.78 is 19.6. The molecule has 0 amide bonds. The average molecular weight is 366 g/mol. The van der Waals surface area contributed by atoms with E-state index in [0.29, 0.717) is 24.5 Å². The second-order valence-electron chi connectivity index (χ2n) is 8.26. The Labute approximate surface area is 160 Å². The SMILES string of the molecule is COc1ccc([C@@H]2CN(Cc3ccccc3F)[C@@H]3C4CCN(CC4)[C@@H]32)cc1. The van der Waals surface area contributed by atoms with Gasteiger partial charge in [-0.1, -0.05) is 30.3 Å². The van der Waals surface area contributed by atoms with Gasteiger partial charge in [0, 0.05) is 36.7 Å². The third-order valence-corrected chi connectivity index (χ3v) is 6.97. The van der Waals surface area contributed by atoms with Crippen molar-refractivity contribution in [1.82, 2.24) is 9.80 Å². The van der Waals surface area contributed by atoms with Gasteiger partial charge in [0.05, 0.1) is 7.11 Å². The van der Waals surface area contributed by atoms with Gasteiger partial charge in [0.15, 0.2) is 0 Å². The van der Waals surface area contributed by atoms with Crippen molar-refractivity contribution in [3.05, 3.63) is 65.5 Å². The Morgan fingerprint density at radius 1 is 1.00 bits per heavy atom. The number of piperidine rings is 3. The van der Waals surface area contributed by atoms with Gasteiger partial charge in [0.25, 0.3) is 0 Å². The summed E-state index contributed by atoms with van der Waals surface area (Å²) in [5, 5.41) is 0. The third kappa shape index (κ3) is 2.95. The summed E-state index contributed by atoms with van der Waals surface area (Å²) in [6.45, 7) is 4.14. The van der Waals surface area contributed by atoms with Crippen molar-refractivity contribution in [3.63, 3.8) is 0 Å². The van der Waals surface area contributed by atoms with Crippen molar-refractivity contribution in [2.45, 2.75) is 37.4 Å². The van der Waals surface area contributed by atoms with Crippen LogP contribution in [0.25, 0.3) is 0 Å². The first-order chi connectivity index (χ1) is 13.2. The fourth-order valence-electron chi connectivity index (χ4n) is 5.71. The molecule has 4 fully saturated rings. The molecule has 0 aliphatic carbocycles. The molecular weight excluding hydrogens is 339 g/mol. The Morgan fingerprint density at radius 3 is 2.44 bits per heavy atom. The molecule has 6 rings (SSSR count). The van der Waals surface area contributed by atoms with Crippen LogP contribution in [0.2, 0.25) is 0 Å². The fourth-order valence-corrected chi connectivity index (χ4v) is 5.71. The summed E-state index contributed by atoms with van der Waals surface area (Å²) in [6, 6.07) is 16.9. The van der Waals surface area contributed by atoms with E-state index in [2.05, 4.69) is 34.1 Å². The molecule has 4 aliphatic rings. The van der Waals surface area contributed by atoms with Crippen LogP contribution >= 0.6 is 0 Å². The number of ether oxygens (including phenoxy) is 1. The number of likely N-dealkylation sites (tertiary alicyclic amines) is 1. The zero-order valence-corrected chi connectivity index (χ0v) is 15.9. The van der Waals surface area contributed by atoms with Crippen molar-refractivity contribution in [2.24, 2.45) is 5.92 Å². The van der Waals surface area contributed by atoms with Crippen molar-refractivity contribution in [3.8, 4) is 5.75 Å². The molecule has 0 unspecified atom stereocenters. The summed E-state index contributed by atoms with van der Waals surface area (Å²) in [6.07, 6.45) is 2.56. The van der Waals surface area contributed by atoms with Crippen LogP contribution in [0.1, 0.15) is 29.9 Å². The van der Waals surface area contributed by atoms with Crippen molar-refractivity contribution < 1.29 is 9.13 Å². The van der Waals surface area contributed by atoms with E-state index in [1.807, 2.05) is 12.1 Å². The third-order valence-electron chi connectivity index (χ3n) is 6.97. The lowest BCUT2D eigenvalue weighted by molar-refractivity contribution is -0.00892. The van der Waals surface area contributed by atoms with E-state index in [0.717, 1.165) is 23.8 Å². The molecule has 0 spiro atoms.